The fourth-order valence-electron chi connectivity index (χ4n) is 4.97. The fourth-order valence-corrected chi connectivity index (χ4v) is 4.97. The lowest BCUT2D eigenvalue weighted by molar-refractivity contribution is 0.661. The maximum absolute atomic E-state index is 2.42. The van der Waals surface area contributed by atoms with E-state index in [-0.39, 0.29) is 5.41 Å². The molecule has 30 heavy (non-hydrogen) atoms. The van der Waals surface area contributed by atoms with Gasteiger partial charge in [-0.25, -0.2) is 0 Å². The Morgan fingerprint density at radius 3 is 1.60 bits per heavy atom. The van der Waals surface area contributed by atoms with Crippen molar-refractivity contribution in [2.75, 3.05) is 0 Å². The van der Waals surface area contributed by atoms with Crippen molar-refractivity contribution in [2.24, 2.45) is 0 Å². The molecule has 0 spiro atoms. The Balaban J connectivity index is 1.62. The summed E-state index contributed by atoms with van der Waals surface area (Å²) >= 11 is 0. The van der Waals surface area contributed by atoms with Crippen molar-refractivity contribution in [3.63, 3.8) is 0 Å². The maximum atomic E-state index is 2.42. The van der Waals surface area contributed by atoms with Crippen molar-refractivity contribution in [1.82, 2.24) is 0 Å². The van der Waals surface area contributed by atoms with Crippen LogP contribution in [-0.2, 0) is 5.41 Å². The van der Waals surface area contributed by atoms with Crippen LogP contribution in [0.4, 0.5) is 0 Å². The summed E-state index contributed by atoms with van der Waals surface area (Å²) in [4.78, 5) is 0. The van der Waals surface area contributed by atoms with Gasteiger partial charge >= 0.3 is 0 Å². The molecule has 0 aliphatic heterocycles. The van der Waals surface area contributed by atoms with Gasteiger partial charge in [0.1, 0.15) is 0 Å². The minimum atomic E-state index is -0.0139. The smallest absolute Gasteiger partial charge is 0.0159 e. The molecule has 4 aromatic carbocycles. The Kier molecular flexibility index (Phi) is 4.22. The Labute approximate surface area is 180 Å². The van der Waals surface area contributed by atoms with Gasteiger partial charge in [-0.1, -0.05) is 91.7 Å². The van der Waals surface area contributed by atoms with Crippen molar-refractivity contribution in [3.05, 3.63) is 107 Å². The van der Waals surface area contributed by atoms with Crippen molar-refractivity contribution >= 4 is 0 Å². The summed E-state index contributed by atoms with van der Waals surface area (Å²) in [6, 6.07) is 29.6. The molecule has 148 valence electrons. The summed E-state index contributed by atoms with van der Waals surface area (Å²) in [6.45, 7) is 11.2. The molecule has 0 amide bonds. The minimum Gasteiger partial charge on any atom is -0.0587 e. The van der Waals surface area contributed by atoms with E-state index < -0.39 is 0 Å². The summed E-state index contributed by atoms with van der Waals surface area (Å²) in [7, 11) is 0. The predicted octanol–water partition coefficient (Wildman–Crippen LogP) is 8.25. The number of benzene rings is 4. The lowest BCUT2D eigenvalue weighted by Gasteiger charge is -2.23. The summed E-state index contributed by atoms with van der Waals surface area (Å²) in [5.41, 5.74) is 14.8. The summed E-state index contributed by atoms with van der Waals surface area (Å²) < 4.78 is 0. The van der Waals surface area contributed by atoms with Gasteiger partial charge in [0.25, 0.3) is 0 Å². The highest BCUT2D eigenvalue weighted by molar-refractivity contribution is 5.86. The van der Waals surface area contributed by atoms with E-state index in [1.165, 1.54) is 61.2 Å². The van der Waals surface area contributed by atoms with E-state index in [1.54, 1.807) is 0 Å². The highest BCUT2D eigenvalue weighted by atomic mass is 14.4. The van der Waals surface area contributed by atoms with Crippen LogP contribution >= 0.6 is 0 Å². The summed E-state index contributed by atoms with van der Waals surface area (Å²) in [5, 5.41) is 0. The molecule has 0 heterocycles. The van der Waals surface area contributed by atoms with Gasteiger partial charge in [0.2, 0.25) is 0 Å². The van der Waals surface area contributed by atoms with E-state index in [0.717, 1.165) is 0 Å². The van der Waals surface area contributed by atoms with Crippen LogP contribution in [-0.4, -0.2) is 0 Å². The van der Waals surface area contributed by atoms with Crippen molar-refractivity contribution in [1.29, 1.82) is 0 Å². The van der Waals surface area contributed by atoms with Gasteiger partial charge in [-0.2, -0.15) is 0 Å². The van der Waals surface area contributed by atoms with Gasteiger partial charge in [-0.3, -0.25) is 0 Å². The van der Waals surface area contributed by atoms with Crippen LogP contribution in [0.1, 0.15) is 41.7 Å². The first-order valence-electron chi connectivity index (χ1n) is 10.8. The van der Waals surface area contributed by atoms with Gasteiger partial charge < -0.3 is 0 Å². The monoisotopic (exact) mass is 388 g/mol. The Morgan fingerprint density at radius 2 is 0.967 bits per heavy atom. The number of aryl methyl sites for hydroxylation is 3. The first kappa shape index (κ1) is 18.9. The van der Waals surface area contributed by atoms with Gasteiger partial charge in [0.05, 0.1) is 0 Å². The van der Waals surface area contributed by atoms with Crippen LogP contribution in [0, 0.1) is 20.8 Å². The molecule has 0 aromatic heterocycles. The molecule has 1 aliphatic rings. The van der Waals surface area contributed by atoms with Crippen LogP contribution in [0.15, 0.2) is 78.9 Å². The first-order valence-corrected chi connectivity index (χ1v) is 10.8. The van der Waals surface area contributed by atoms with Crippen LogP contribution in [0.2, 0.25) is 0 Å². The Hall–Kier alpha value is -3.12. The van der Waals surface area contributed by atoms with Crippen LogP contribution < -0.4 is 0 Å². The molecule has 0 saturated carbocycles. The average Bonchev–Trinajstić information content (AvgIpc) is 2.95. The zero-order valence-corrected chi connectivity index (χ0v) is 18.5. The minimum absolute atomic E-state index is 0.0139. The maximum Gasteiger partial charge on any atom is 0.0159 e. The Morgan fingerprint density at radius 1 is 0.467 bits per heavy atom. The molecule has 1 aliphatic carbocycles. The van der Waals surface area contributed by atoms with E-state index in [1.807, 2.05) is 0 Å². The summed E-state index contributed by atoms with van der Waals surface area (Å²) in [6.07, 6.45) is 0. The second kappa shape index (κ2) is 6.71. The van der Waals surface area contributed by atoms with E-state index in [4.69, 9.17) is 0 Å². The zero-order valence-electron chi connectivity index (χ0n) is 18.5. The lowest BCUT2D eigenvalue weighted by Crippen LogP contribution is -2.15. The van der Waals surface area contributed by atoms with Crippen LogP contribution in [0.3, 0.4) is 0 Å². The molecule has 0 nitrogen and oxygen atoms in total. The van der Waals surface area contributed by atoms with Gasteiger partial charge in [-0.15, -0.1) is 0 Å². The average molecular weight is 389 g/mol. The summed E-state index contributed by atoms with van der Waals surface area (Å²) in [5.74, 6) is 0. The SMILES string of the molecule is Cc1ccc(-c2ccc3c(c2)C(C)(C)c2cc(-c4ccc(C)cc4C)ccc2-3)cc1. The first-order chi connectivity index (χ1) is 14.3. The normalized spacial score (nSPS) is 13.8. The molecule has 0 fully saturated rings. The zero-order chi connectivity index (χ0) is 21.0. The lowest BCUT2D eigenvalue weighted by atomic mass is 9.80. The van der Waals surface area contributed by atoms with Gasteiger partial charge in [0, 0.05) is 5.41 Å². The molecule has 0 heteroatoms. The quantitative estimate of drug-likeness (QED) is 0.324. The van der Waals surface area contributed by atoms with Crippen LogP contribution in [0.5, 0.6) is 0 Å². The molecular weight excluding hydrogens is 360 g/mol. The second-order valence-corrected chi connectivity index (χ2v) is 9.33. The molecule has 0 atom stereocenters. The molecule has 0 bridgehead atoms. The van der Waals surface area contributed by atoms with E-state index in [9.17, 15) is 0 Å². The highest BCUT2D eigenvalue weighted by Crippen LogP contribution is 2.50. The Bertz CT molecular complexity index is 1270. The van der Waals surface area contributed by atoms with Crippen molar-refractivity contribution < 1.29 is 0 Å². The van der Waals surface area contributed by atoms with E-state index >= 15 is 0 Å². The van der Waals surface area contributed by atoms with Crippen LogP contribution in [0.25, 0.3) is 33.4 Å². The molecular formula is C30H28. The van der Waals surface area contributed by atoms with Crippen molar-refractivity contribution in [3.8, 4) is 33.4 Å². The third kappa shape index (κ3) is 2.91. The molecule has 0 N–H and O–H groups in total. The number of hydrogen-bond acceptors (Lipinski definition) is 0. The predicted molar refractivity (Wildman–Crippen MR) is 129 cm³/mol. The highest BCUT2D eigenvalue weighted by Gasteiger charge is 2.35. The molecule has 0 radical (unpaired) electrons. The second-order valence-electron chi connectivity index (χ2n) is 9.33. The molecule has 4 aromatic rings. The largest absolute Gasteiger partial charge is 0.0587 e. The molecule has 0 saturated heterocycles. The van der Waals surface area contributed by atoms with Gasteiger partial charge in [0.15, 0.2) is 0 Å². The van der Waals surface area contributed by atoms with Gasteiger partial charge in [-0.05, 0) is 83.0 Å². The van der Waals surface area contributed by atoms with E-state index in [0.29, 0.717) is 0 Å². The van der Waals surface area contributed by atoms with Crippen molar-refractivity contribution in [2.45, 2.75) is 40.0 Å². The standard InChI is InChI=1S/C30H28/c1-19-6-9-22(10-7-19)23-11-14-26-27-15-12-24(25-13-8-20(2)16-21(25)3)18-29(27)30(4,5)28(26)17-23/h6-18H,1-5H3. The third-order valence-electron chi connectivity index (χ3n) is 6.75. The molecule has 5 rings (SSSR count). The topological polar surface area (TPSA) is 0 Å². The third-order valence-corrected chi connectivity index (χ3v) is 6.75. The number of hydrogen-bond donors (Lipinski definition) is 0. The number of rotatable bonds is 2. The van der Waals surface area contributed by atoms with E-state index in [2.05, 4.69) is 113 Å². The molecule has 0 unspecified atom stereocenters. The number of fused-ring (bicyclic) bond motifs is 3. The fraction of sp³-hybridized carbons (Fsp3) is 0.200.